The lowest BCUT2D eigenvalue weighted by molar-refractivity contribution is -0.288. The number of aliphatic hydroxyl groups excluding tert-OH is 5. The van der Waals surface area contributed by atoms with Gasteiger partial charge in [0.15, 0.2) is 12.0 Å². The average Bonchev–Trinajstić information content (AvgIpc) is 3.91. The van der Waals surface area contributed by atoms with Gasteiger partial charge in [0.05, 0.1) is 31.5 Å². The first-order valence-corrected chi connectivity index (χ1v) is 23.6. The minimum atomic E-state index is -5.63. The van der Waals surface area contributed by atoms with Crippen molar-refractivity contribution in [2.45, 2.75) is 151 Å². The number of allylic oxidation sites excluding steroid dienone is 1. The third kappa shape index (κ3) is 8.35. The number of rotatable bonds is 13. The molecule has 1 unspecified atom stereocenters. The van der Waals surface area contributed by atoms with E-state index in [0.29, 0.717) is 31.1 Å². The Morgan fingerprint density at radius 2 is 1.80 bits per heavy atom. The molecule has 0 spiro atoms. The number of carbonyl (C=O) groups is 3. The summed E-state index contributed by atoms with van der Waals surface area (Å²) in [5.74, 6) is -5.21. The van der Waals surface area contributed by atoms with Gasteiger partial charge in [-0.15, -0.1) is 5.10 Å². The molecule has 66 heavy (non-hydrogen) atoms. The molecule has 2 saturated heterocycles. The summed E-state index contributed by atoms with van der Waals surface area (Å²) >= 11 is 0. The van der Waals surface area contributed by atoms with Crippen molar-refractivity contribution in [1.82, 2.24) is 29.9 Å². The number of carboxylic acids is 1. The lowest BCUT2D eigenvalue weighted by atomic mass is 9.46. The highest BCUT2D eigenvalue weighted by atomic mass is 31.2. The Balaban J connectivity index is 0.956. The summed E-state index contributed by atoms with van der Waals surface area (Å²) in [7, 11) is -5.63. The lowest BCUT2D eigenvalue weighted by Crippen LogP contribution is -2.67. The summed E-state index contributed by atoms with van der Waals surface area (Å²) in [5.41, 5.74) is 4.00. The van der Waals surface area contributed by atoms with Crippen LogP contribution < -0.4 is 16.7 Å². The van der Waals surface area contributed by atoms with E-state index in [1.807, 2.05) is 6.08 Å². The molecule has 2 aromatic rings. The molecular weight excluding hydrogens is 893 g/mol. The molecule has 25 heteroatoms. The van der Waals surface area contributed by atoms with Crippen LogP contribution in [0.4, 0.5) is 5.82 Å². The van der Waals surface area contributed by atoms with E-state index < -0.39 is 117 Å². The fourth-order valence-electron chi connectivity index (χ4n) is 12.1. The highest BCUT2D eigenvalue weighted by molar-refractivity contribution is 7.47. The van der Waals surface area contributed by atoms with Gasteiger partial charge in [0, 0.05) is 31.4 Å². The Bertz CT molecular complexity index is 2370. The number of nitrogens with two attached hydrogens (primary N) is 1. The van der Waals surface area contributed by atoms with Gasteiger partial charge >= 0.3 is 19.5 Å². The standard InChI is InChI=1S/C41H58N7O17P/c1-19(49)43-30-25(51)15-41(36(56)57,65-66(60,61)62-18-27-32(54)33(55)35(63-27)48-13-9-29(42)44-37(48)58)64-34(30)31(53)26(52)16-47-17-28(45-46-47)40(59)12-8-24-22-5-4-20-14-21(50)6-10-38(20,2)23(22)7-11-39(24,40)3/h9,13-14,17,22-27,30-35,51-55,59H,4-8,10-12,15-16,18H2,1-3H3,(H,43,49)(H,56,57)(H,60,61)(H2,42,44,58)/t22-,23+,24+,25+,26-,27-,30-,31-,32-,33-,34-,35-,38+,39+,40-,41-/m1/s1. The topological polar surface area (TPSA) is 371 Å². The number of fused-ring (bicyclic) bond motifs is 5. The van der Waals surface area contributed by atoms with Crippen LogP contribution in [0, 0.1) is 28.6 Å². The SMILES string of the molecule is CC(=O)N[C@H]1[C@H]([C@H](O)[C@H](O)Cn2cc([C@]3(O)CC[C@H]4[C@@H]5CCC6=CC(=O)CC[C@]6(C)[C@H]5CC[C@@]43C)nn2)O[C@](OP(=O)(O)OC[C@H]2O[C@@H](n3ccc(N)nc3=O)[C@H](O)[C@@H]2O)(C(=O)O)C[C@@H]1O. The first-order valence-electron chi connectivity index (χ1n) is 22.1. The van der Waals surface area contributed by atoms with Crippen molar-refractivity contribution in [3.05, 3.63) is 46.3 Å². The van der Waals surface area contributed by atoms with Gasteiger partial charge in [-0.25, -0.2) is 23.4 Å². The van der Waals surface area contributed by atoms with E-state index in [1.165, 1.54) is 22.5 Å². The normalized spacial score (nSPS) is 40.6. The Morgan fingerprint density at radius 1 is 1.08 bits per heavy atom. The van der Waals surface area contributed by atoms with Crippen molar-refractivity contribution in [3.63, 3.8) is 0 Å². The molecule has 0 aromatic carbocycles. The van der Waals surface area contributed by atoms with Crippen molar-refractivity contribution in [2.24, 2.45) is 28.6 Å². The van der Waals surface area contributed by atoms with Gasteiger partial charge < -0.3 is 61.2 Å². The smallest absolute Gasteiger partial charge is 0.475 e. The number of carbonyl (C=O) groups excluding carboxylic acids is 2. The second-order valence-corrected chi connectivity index (χ2v) is 20.7. The molecule has 0 radical (unpaired) electrons. The van der Waals surface area contributed by atoms with Gasteiger partial charge in [-0.05, 0) is 80.3 Å². The minimum absolute atomic E-state index is 0.0643. The number of nitrogens with zero attached hydrogens (tertiary/aromatic N) is 5. The predicted molar refractivity (Wildman–Crippen MR) is 222 cm³/mol. The number of phosphoric ester groups is 1. The maximum absolute atomic E-state index is 13.4. The van der Waals surface area contributed by atoms with E-state index in [0.717, 1.165) is 49.8 Å². The van der Waals surface area contributed by atoms with Crippen LogP contribution in [0.2, 0.25) is 0 Å². The fourth-order valence-corrected chi connectivity index (χ4v) is 13.0. The van der Waals surface area contributed by atoms with Gasteiger partial charge in [-0.2, -0.15) is 4.98 Å². The molecular formula is C41H58N7O17P. The minimum Gasteiger partial charge on any atom is -0.477 e. The third-order valence-electron chi connectivity index (χ3n) is 15.6. The monoisotopic (exact) mass is 951 g/mol. The van der Waals surface area contributed by atoms with E-state index in [2.05, 4.69) is 34.5 Å². The highest BCUT2D eigenvalue weighted by Crippen LogP contribution is 2.69. The summed E-state index contributed by atoms with van der Waals surface area (Å²) in [6.07, 6.45) is -5.69. The van der Waals surface area contributed by atoms with Crippen LogP contribution in [0.5, 0.6) is 0 Å². The summed E-state index contributed by atoms with van der Waals surface area (Å²) in [4.78, 5) is 64.0. The molecule has 17 atom stereocenters. The summed E-state index contributed by atoms with van der Waals surface area (Å²) in [5, 5.41) is 89.1. The predicted octanol–water partition coefficient (Wildman–Crippen LogP) is -1.25. The number of aliphatic carboxylic acids is 1. The number of ether oxygens (including phenoxy) is 2. The lowest BCUT2D eigenvalue weighted by Gasteiger charge is -2.59. The van der Waals surface area contributed by atoms with E-state index in [4.69, 9.17) is 24.3 Å². The number of amides is 1. The van der Waals surface area contributed by atoms with Crippen molar-refractivity contribution in [1.29, 1.82) is 0 Å². The molecule has 1 amide bonds. The Kier molecular flexibility index (Phi) is 12.8. The zero-order valence-corrected chi connectivity index (χ0v) is 37.4. The van der Waals surface area contributed by atoms with Crippen LogP contribution in [-0.2, 0) is 49.6 Å². The largest absolute Gasteiger partial charge is 0.477 e. The molecule has 2 aromatic heterocycles. The number of anilines is 1. The van der Waals surface area contributed by atoms with Crippen LogP contribution in [0.25, 0.3) is 0 Å². The van der Waals surface area contributed by atoms with Crippen LogP contribution in [0.15, 0.2) is 34.9 Å². The maximum Gasteiger partial charge on any atom is 0.475 e. The molecule has 4 aliphatic carbocycles. The van der Waals surface area contributed by atoms with Crippen LogP contribution in [0.3, 0.4) is 0 Å². The third-order valence-corrected chi connectivity index (χ3v) is 16.6. The molecule has 364 valence electrons. The average molecular weight is 952 g/mol. The van der Waals surface area contributed by atoms with Gasteiger partial charge in [0.2, 0.25) is 5.91 Å². The van der Waals surface area contributed by atoms with Crippen molar-refractivity contribution < 1.29 is 78.1 Å². The second-order valence-electron chi connectivity index (χ2n) is 19.3. The van der Waals surface area contributed by atoms with Crippen molar-refractivity contribution in [3.8, 4) is 0 Å². The Morgan fingerprint density at radius 3 is 2.50 bits per heavy atom. The zero-order chi connectivity index (χ0) is 47.9. The van der Waals surface area contributed by atoms with Crippen LogP contribution in [-0.4, -0.2) is 144 Å². The molecule has 11 N–H and O–H groups in total. The second kappa shape index (κ2) is 17.5. The first kappa shape index (κ1) is 48.4. The van der Waals surface area contributed by atoms with Gasteiger partial charge in [0.1, 0.15) is 53.7 Å². The number of nitrogen functional groups attached to an aromatic ring is 1. The Labute approximate surface area is 377 Å². The molecule has 3 saturated carbocycles. The highest BCUT2D eigenvalue weighted by Gasteiger charge is 2.65. The number of aliphatic hydroxyl groups is 6. The number of phosphoric acid groups is 1. The Hall–Kier alpha value is -4.04. The molecule has 8 rings (SSSR count). The molecule has 5 fully saturated rings. The first-order chi connectivity index (χ1) is 30.9. The number of hydrogen-bond donors (Lipinski definition) is 10. The number of ketones is 1. The molecule has 4 heterocycles. The summed E-state index contributed by atoms with van der Waals surface area (Å²) < 4.78 is 36.5. The summed E-state index contributed by atoms with van der Waals surface area (Å²) in [6.45, 7) is 3.85. The maximum atomic E-state index is 13.4. The number of nitrogens with one attached hydrogen (secondary N) is 1. The van der Waals surface area contributed by atoms with E-state index in [-0.39, 0.29) is 28.6 Å². The van der Waals surface area contributed by atoms with Crippen molar-refractivity contribution in [2.75, 3.05) is 12.3 Å². The van der Waals surface area contributed by atoms with E-state index >= 15 is 0 Å². The van der Waals surface area contributed by atoms with Gasteiger partial charge in [-0.1, -0.05) is 24.6 Å². The van der Waals surface area contributed by atoms with Crippen LogP contribution in [0.1, 0.15) is 90.5 Å². The van der Waals surface area contributed by atoms with Gasteiger partial charge in [0.25, 0.3) is 5.79 Å². The molecule has 2 aliphatic heterocycles. The zero-order valence-electron chi connectivity index (χ0n) is 36.5. The quantitative estimate of drug-likeness (QED) is 0.105. The molecule has 0 bridgehead atoms. The number of hydrogen-bond acceptors (Lipinski definition) is 19. The van der Waals surface area contributed by atoms with Crippen LogP contribution >= 0.6 is 7.82 Å². The van der Waals surface area contributed by atoms with E-state index in [1.54, 1.807) is 0 Å². The number of carboxylic acid groups (broad SMARTS) is 1. The summed E-state index contributed by atoms with van der Waals surface area (Å²) in [6, 6.07) is -0.404. The fraction of sp³-hybridized carbons (Fsp3) is 0.732. The molecule has 24 nitrogen and oxygen atoms in total. The molecule has 6 aliphatic rings. The van der Waals surface area contributed by atoms with E-state index in [9.17, 15) is 64.4 Å². The van der Waals surface area contributed by atoms with Gasteiger partial charge in [-0.3, -0.25) is 18.7 Å². The number of aromatic nitrogens is 5. The van der Waals surface area contributed by atoms with Crippen molar-refractivity contribution >= 4 is 31.3 Å².